The quantitative estimate of drug-likeness (QED) is 0.800. The van der Waals surface area contributed by atoms with Crippen molar-refractivity contribution in [1.29, 1.82) is 0 Å². The molecule has 1 N–H and O–H groups in total. The predicted octanol–water partition coefficient (Wildman–Crippen LogP) is 2.83. The van der Waals surface area contributed by atoms with E-state index in [9.17, 15) is 4.79 Å². The maximum absolute atomic E-state index is 10.9. The van der Waals surface area contributed by atoms with Crippen LogP contribution in [0.4, 0.5) is 0 Å². The molecule has 0 aliphatic heterocycles. The monoisotopic (exact) mass is 291 g/mol. The first-order valence-corrected chi connectivity index (χ1v) is 6.76. The molecular formula is C17H13N3O2. The highest BCUT2D eigenvalue weighted by Crippen LogP contribution is 2.29. The Labute approximate surface area is 127 Å². The van der Waals surface area contributed by atoms with Gasteiger partial charge in [-0.3, -0.25) is 19.7 Å². The van der Waals surface area contributed by atoms with E-state index in [1.165, 1.54) is 0 Å². The van der Waals surface area contributed by atoms with Crippen molar-refractivity contribution in [1.82, 2.24) is 15.0 Å². The molecule has 0 aliphatic carbocycles. The summed E-state index contributed by atoms with van der Waals surface area (Å²) in [4.78, 5) is 23.7. The molecule has 0 saturated heterocycles. The van der Waals surface area contributed by atoms with Gasteiger partial charge in [0.05, 0.1) is 17.8 Å². The molecule has 5 heteroatoms. The van der Waals surface area contributed by atoms with Crippen molar-refractivity contribution in [2.75, 3.05) is 0 Å². The third-order valence-corrected chi connectivity index (χ3v) is 3.19. The first-order valence-electron chi connectivity index (χ1n) is 6.76. The van der Waals surface area contributed by atoms with Crippen molar-refractivity contribution in [3.8, 4) is 22.4 Å². The van der Waals surface area contributed by atoms with E-state index in [4.69, 9.17) is 5.11 Å². The summed E-state index contributed by atoms with van der Waals surface area (Å²) in [6, 6.07) is 11.1. The van der Waals surface area contributed by atoms with Crippen molar-refractivity contribution in [3.63, 3.8) is 0 Å². The third kappa shape index (κ3) is 2.98. The fraction of sp³-hybridized carbons (Fsp3) is 0.0588. The molecule has 0 aromatic carbocycles. The van der Waals surface area contributed by atoms with Crippen molar-refractivity contribution in [2.45, 2.75) is 6.42 Å². The van der Waals surface area contributed by atoms with E-state index in [2.05, 4.69) is 15.0 Å². The minimum Gasteiger partial charge on any atom is -0.481 e. The van der Waals surface area contributed by atoms with Gasteiger partial charge in [0.1, 0.15) is 0 Å². The number of hydrogen-bond donors (Lipinski definition) is 1. The Morgan fingerprint density at radius 2 is 1.64 bits per heavy atom. The first kappa shape index (κ1) is 13.9. The lowest BCUT2D eigenvalue weighted by molar-refractivity contribution is -0.136. The van der Waals surface area contributed by atoms with Gasteiger partial charge in [0.25, 0.3) is 0 Å². The van der Waals surface area contributed by atoms with Gasteiger partial charge in [-0.05, 0) is 24.3 Å². The molecule has 0 saturated carbocycles. The molecule has 5 nitrogen and oxygen atoms in total. The standard InChI is InChI=1S/C17H13N3O2/c21-16(22)9-14-5-6-15(12-3-1-7-18-10-12)17(20-14)13-4-2-8-19-11-13/h1-8,10-11H,9H2,(H,21,22). The molecule has 0 amide bonds. The summed E-state index contributed by atoms with van der Waals surface area (Å²) in [5.74, 6) is -0.904. The molecule has 0 bridgehead atoms. The third-order valence-electron chi connectivity index (χ3n) is 3.19. The maximum atomic E-state index is 10.9. The Morgan fingerprint density at radius 3 is 2.23 bits per heavy atom. The second-order valence-electron chi connectivity index (χ2n) is 4.75. The van der Waals surface area contributed by atoms with E-state index < -0.39 is 5.97 Å². The van der Waals surface area contributed by atoms with E-state index in [0.29, 0.717) is 11.4 Å². The molecule has 0 aliphatic rings. The fourth-order valence-corrected chi connectivity index (χ4v) is 2.23. The van der Waals surface area contributed by atoms with Crippen LogP contribution in [0.3, 0.4) is 0 Å². The largest absolute Gasteiger partial charge is 0.481 e. The summed E-state index contributed by atoms with van der Waals surface area (Å²) >= 11 is 0. The van der Waals surface area contributed by atoms with E-state index in [-0.39, 0.29) is 6.42 Å². The van der Waals surface area contributed by atoms with Gasteiger partial charge in [0.15, 0.2) is 0 Å². The second kappa shape index (κ2) is 6.13. The summed E-state index contributed by atoms with van der Waals surface area (Å²) < 4.78 is 0. The highest BCUT2D eigenvalue weighted by molar-refractivity contribution is 5.80. The Kier molecular flexibility index (Phi) is 3.87. The van der Waals surface area contributed by atoms with Crippen LogP contribution in [0.5, 0.6) is 0 Å². The number of pyridine rings is 3. The lowest BCUT2D eigenvalue weighted by Crippen LogP contribution is -2.03. The zero-order chi connectivity index (χ0) is 15.4. The second-order valence-corrected chi connectivity index (χ2v) is 4.75. The van der Waals surface area contributed by atoms with Crippen LogP contribution in [0, 0.1) is 0 Å². The van der Waals surface area contributed by atoms with E-state index in [0.717, 1.165) is 16.7 Å². The smallest absolute Gasteiger partial charge is 0.309 e. The Morgan fingerprint density at radius 1 is 0.955 bits per heavy atom. The zero-order valence-corrected chi connectivity index (χ0v) is 11.7. The van der Waals surface area contributed by atoms with Gasteiger partial charge in [-0.2, -0.15) is 0 Å². The average Bonchev–Trinajstić information content (AvgIpc) is 2.56. The minimum absolute atomic E-state index is 0.111. The molecule has 0 unspecified atom stereocenters. The molecule has 108 valence electrons. The van der Waals surface area contributed by atoms with Crippen LogP contribution in [0.25, 0.3) is 22.4 Å². The van der Waals surface area contributed by atoms with Crippen LogP contribution >= 0.6 is 0 Å². The van der Waals surface area contributed by atoms with Gasteiger partial charge in [-0.1, -0.05) is 12.1 Å². The Hall–Kier alpha value is -3.08. The van der Waals surface area contributed by atoms with E-state index >= 15 is 0 Å². The summed E-state index contributed by atoms with van der Waals surface area (Å²) in [6.07, 6.45) is 6.76. The van der Waals surface area contributed by atoms with Gasteiger partial charge in [0, 0.05) is 41.5 Å². The highest BCUT2D eigenvalue weighted by atomic mass is 16.4. The molecule has 3 rings (SSSR count). The maximum Gasteiger partial charge on any atom is 0.309 e. The van der Waals surface area contributed by atoms with Crippen LogP contribution < -0.4 is 0 Å². The number of hydrogen-bond acceptors (Lipinski definition) is 4. The van der Waals surface area contributed by atoms with Crippen LogP contribution in [-0.2, 0) is 11.2 Å². The normalized spacial score (nSPS) is 10.4. The summed E-state index contributed by atoms with van der Waals surface area (Å²) in [7, 11) is 0. The Bertz CT molecular complexity index is 790. The van der Waals surface area contributed by atoms with E-state index in [1.807, 2.05) is 30.3 Å². The molecule has 0 fully saturated rings. The molecule has 22 heavy (non-hydrogen) atoms. The lowest BCUT2D eigenvalue weighted by Gasteiger charge is -2.10. The molecule has 0 radical (unpaired) electrons. The van der Waals surface area contributed by atoms with Crippen LogP contribution in [-0.4, -0.2) is 26.0 Å². The number of carboxylic acids is 1. The van der Waals surface area contributed by atoms with Crippen molar-refractivity contribution >= 4 is 5.97 Å². The summed E-state index contributed by atoms with van der Waals surface area (Å²) in [5, 5.41) is 8.95. The predicted molar refractivity (Wildman–Crippen MR) is 82.0 cm³/mol. The topological polar surface area (TPSA) is 76.0 Å². The summed E-state index contributed by atoms with van der Waals surface area (Å²) in [5.41, 5.74) is 3.89. The zero-order valence-electron chi connectivity index (χ0n) is 11.7. The minimum atomic E-state index is -0.904. The lowest BCUT2D eigenvalue weighted by atomic mass is 10.0. The van der Waals surface area contributed by atoms with Crippen LogP contribution in [0.2, 0.25) is 0 Å². The number of aliphatic carboxylic acids is 1. The van der Waals surface area contributed by atoms with Crippen molar-refractivity contribution < 1.29 is 9.90 Å². The van der Waals surface area contributed by atoms with Gasteiger partial charge in [0.2, 0.25) is 0 Å². The number of rotatable bonds is 4. The number of carboxylic acid groups (broad SMARTS) is 1. The van der Waals surface area contributed by atoms with Crippen molar-refractivity contribution in [2.24, 2.45) is 0 Å². The van der Waals surface area contributed by atoms with Gasteiger partial charge >= 0.3 is 5.97 Å². The average molecular weight is 291 g/mol. The SMILES string of the molecule is O=C(O)Cc1ccc(-c2cccnc2)c(-c2cccnc2)n1. The number of carbonyl (C=O) groups is 1. The van der Waals surface area contributed by atoms with Gasteiger partial charge in [-0.25, -0.2) is 0 Å². The molecule has 3 heterocycles. The molecule has 3 aromatic rings. The molecule has 0 spiro atoms. The summed E-state index contributed by atoms with van der Waals surface area (Å²) in [6.45, 7) is 0. The Balaban J connectivity index is 2.15. The first-order chi connectivity index (χ1) is 10.7. The van der Waals surface area contributed by atoms with Gasteiger partial charge < -0.3 is 5.11 Å². The fourth-order valence-electron chi connectivity index (χ4n) is 2.23. The number of nitrogens with zero attached hydrogens (tertiary/aromatic N) is 3. The highest BCUT2D eigenvalue weighted by Gasteiger charge is 2.12. The molecule has 3 aromatic heterocycles. The molecular weight excluding hydrogens is 278 g/mol. The van der Waals surface area contributed by atoms with Crippen molar-refractivity contribution in [3.05, 3.63) is 66.9 Å². The molecule has 0 atom stereocenters. The van der Waals surface area contributed by atoms with E-state index in [1.54, 1.807) is 30.9 Å². The number of aromatic nitrogens is 3. The van der Waals surface area contributed by atoms with Gasteiger partial charge in [-0.15, -0.1) is 0 Å². The van der Waals surface area contributed by atoms with Crippen LogP contribution in [0.15, 0.2) is 61.2 Å². The van der Waals surface area contributed by atoms with Crippen LogP contribution in [0.1, 0.15) is 5.69 Å².